The highest BCUT2D eigenvalue weighted by Gasteiger charge is 2.23. The highest BCUT2D eigenvalue weighted by Crippen LogP contribution is 2.19. The van der Waals surface area contributed by atoms with Crippen molar-refractivity contribution in [2.45, 2.75) is 25.4 Å². The van der Waals surface area contributed by atoms with Crippen molar-refractivity contribution < 1.29 is 13.9 Å². The fourth-order valence-electron chi connectivity index (χ4n) is 2.32. The molecule has 0 aliphatic carbocycles. The maximum Gasteiger partial charge on any atom is 0.223 e. The molecule has 0 saturated carbocycles. The van der Waals surface area contributed by atoms with Gasteiger partial charge < -0.3 is 15.0 Å². The molecule has 1 amide bonds. The van der Waals surface area contributed by atoms with Crippen molar-refractivity contribution in [1.29, 1.82) is 0 Å². The molecule has 2 rings (SSSR count). The van der Waals surface area contributed by atoms with E-state index in [1.54, 1.807) is 12.1 Å². The van der Waals surface area contributed by atoms with E-state index in [0.717, 1.165) is 25.9 Å². The molecule has 1 N–H and O–H groups in total. The Balaban J connectivity index is 0.00000220. The average Bonchev–Trinajstić information content (AvgIpc) is 2.48. The van der Waals surface area contributed by atoms with Gasteiger partial charge in [0.25, 0.3) is 0 Å². The zero-order valence-corrected chi connectivity index (χ0v) is 13.0. The van der Waals surface area contributed by atoms with Gasteiger partial charge in [-0.15, -0.1) is 12.4 Å². The van der Waals surface area contributed by atoms with Crippen LogP contribution < -0.4 is 10.1 Å². The molecule has 0 unspecified atom stereocenters. The normalized spacial score (nSPS) is 15.4. The Labute approximate surface area is 131 Å². The molecule has 1 fully saturated rings. The minimum atomic E-state index is -0.262. The molecule has 1 aliphatic heterocycles. The van der Waals surface area contributed by atoms with Crippen molar-refractivity contribution in [1.82, 2.24) is 10.2 Å². The first-order chi connectivity index (χ1) is 9.69. The van der Waals surface area contributed by atoms with E-state index in [1.807, 2.05) is 11.9 Å². The van der Waals surface area contributed by atoms with Crippen LogP contribution >= 0.6 is 12.4 Å². The Morgan fingerprint density at radius 2 is 1.95 bits per heavy atom. The van der Waals surface area contributed by atoms with Crippen LogP contribution in [0.2, 0.25) is 0 Å². The molecule has 0 radical (unpaired) electrons. The van der Waals surface area contributed by atoms with Crippen LogP contribution in [0.5, 0.6) is 5.75 Å². The number of hydrogen-bond donors (Lipinski definition) is 1. The second-order valence-corrected chi connectivity index (χ2v) is 5.01. The standard InChI is InChI=1S/C15H21FN2O2.ClH/c1-17-9-6-15(19)18-10-7-14(8-11-18)20-13-4-2-12(16)3-5-13;/h2-5,14,17H,6-11H2,1H3;1H. The molecule has 0 bridgehead atoms. The Kier molecular flexibility index (Phi) is 7.47. The van der Waals surface area contributed by atoms with Crippen LogP contribution in [0.25, 0.3) is 0 Å². The summed E-state index contributed by atoms with van der Waals surface area (Å²) in [6.45, 7) is 2.17. The Bertz CT molecular complexity index is 434. The molecule has 0 spiro atoms. The van der Waals surface area contributed by atoms with E-state index in [2.05, 4.69) is 5.32 Å². The van der Waals surface area contributed by atoms with E-state index >= 15 is 0 Å². The van der Waals surface area contributed by atoms with Gasteiger partial charge in [0.2, 0.25) is 5.91 Å². The summed E-state index contributed by atoms with van der Waals surface area (Å²) in [6, 6.07) is 6.07. The lowest BCUT2D eigenvalue weighted by molar-refractivity contribution is -0.132. The van der Waals surface area contributed by atoms with Crippen molar-refractivity contribution in [2.24, 2.45) is 0 Å². The van der Waals surface area contributed by atoms with E-state index < -0.39 is 0 Å². The molecule has 1 heterocycles. The van der Waals surface area contributed by atoms with Crippen molar-refractivity contribution in [3.63, 3.8) is 0 Å². The van der Waals surface area contributed by atoms with Gasteiger partial charge in [-0.05, 0) is 31.3 Å². The van der Waals surface area contributed by atoms with Gasteiger partial charge in [-0.1, -0.05) is 0 Å². The van der Waals surface area contributed by atoms with Crippen LogP contribution in [-0.4, -0.2) is 43.6 Å². The van der Waals surface area contributed by atoms with Gasteiger partial charge >= 0.3 is 0 Å². The molecule has 1 aliphatic rings. The first-order valence-electron chi connectivity index (χ1n) is 7.03. The predicted octanol–water partition coefficient (Wildman–Crippen LogP) is 2.23. The summed E-state index contributed by atoms with van der Waals surface area (Å²) in [4.78, 5) is 13.8. The first kappa shape index (κ1) is 17.7. The second-order valence-electron chi connectivity index (χ2n) is 5.01. The molecule has 4 nitrogen and oxygen atoms in total. The van der Waals surface area contributed by atoms with Crippen LogP contribution in [0.15, 0.2) is 24.3 Å². The summed E-state index contributed by atoms with van der Waals surface area (Å²) >= 11 is 0. The number of likely N-dealkylation sites (tertiary alicyclic amines) is 1. The minimum absolute atomic E-state index is 0. The molecular weight excluding hydrogens is 295 g/mol. The number of carbonyl (C=O) groups excluding carboxylic acids is 1. The highest BCUT2D eigenvalue weighted by atomic mass is 35.5. The SMILES string of the molecule is CNCCC(=O)N1CCC(Oc2ccc(F)cc2)CC1.Cl. The lowest BCUT2D eigenvalue weighted by Gasteiger charge is -2.32. The molecule has 21 heavy (non-hydrogen) atoms. The lowest BCUT2D eigenvalue weighted by atomic mass is 10.1. The number of piperidine rings is 1. The third-order valence-electron chi connectivity index (χ3n) is 3.50. The number of nitrogens with one attached hydrogen (secondary N) is 1. The van der Waals surface area contributed by atoms with Gasteiger partial charge in [0, 0.05) is 38.9 Å². The van der Waals surface area contributed by atoms with Crippen molar-refractivity contribution in [2.75, 3.05) is 26.7 Å². The molecule has 1 saturated heterocycles. The van der Waals surface area contributed by atoms with Gasteiger partial charge in [0.15, 0.2) is 0 Å². The molecule has 0 atom stereocenters. The fourth-order valence-corrected chi connectivity index (χ4v) is 2.32. The maximum absolute atomic E-state index is 12.8. The predicted molar refractivity (Wildman–Crippen MR) is 82.4 cm³/mol. The van der Waals surface area contributed by atoms with Crippen molar-refractivity contribution >= 4 is 18.3 Å². The Morgan fingerprint density at radius 1 is 1.33 bits per heavy atom. The summed E-state index contributed by atoms with van der Waals surface area (Å²) in [7, 11) is 1.84. The summed E-state index contributed by atoms with van der Waals surface area (Å²) < 4.78 is 18.6. The number of rotatable bonds is 5. The number of amides is 1. The molecule has 0 aromatic heterocycles. The van der Waals surface area contributed by atoms with E-state index in [9.17, 15) is 9.18 Å². The molecule has 118 valence electrons. The Morgan fingerprint density at radius 3 is 2.52 bits per heavy atom. The fraction of sp³-hybridized carbons (Fsp3) is 0.533. The maximum atomic E-state index is 12.8. The smallest absolute Gasteiger partial charge is 0.223 e. The zero-order valence-electron chi connectivity index (χ0n) is 12.2. The third-order valence-corrected chi connectivity index (χ3v) is 3.50. The van der Waals surface area contributed by atoms with Crippen LogP contribution in [0, 0.1) is 5.82 Å². The monoisotopic (exact) mass is 316 g/mol. The van der Waals surface area contributed by atoms with E-state index in [4.69, 9.17) is 4.74 Å². The molecule has 1 aromatic rings. The summed E-state index contributed by atoms with van der Waals surface area (Å²) in [5.41, 5.74) is 0. The van der Waals surface area contributed by atoms with Crippen LogP contribution in [-0.2, 0) is 4.79 Å². The van der Waals surface area contributed by atoms with Crippen LogP contribution in [0.4, 0.5) is 4.39 Å². The number of ether oxygens (including phenoxy) is 1. The Hall–Kier alpha value is -1.33. The third kappa shape index (κ3) is 5.52. The largest absolute Gasteiger partial charge is 0.490 e. The van der Waals surface area contributed by atoms with Crippen molar-refractivity contribution in [3.05, 3.63) is 30.1 Å². The number of carbonyl (C=O) groups is 1. The van der Waals surface area contributed by atoms with Gasteiger partial charge in [-0.25, -0.2) is 4.39 Å². The van der Waals surface area contributed by atoms with E-state index in [-0.39, 0.29) is 30.2 Å². The van der Waals surface area contributed by atoms with Gasteiger partial charge in [-0.3, -0.25) is 4.79 Å². The van der Waals surface area contributed by atoms with Gasteiger partial charge in [0.1, 0.15) is 17.7 Å². The first-order valence-corrected chi connectivity index (χ1v) is 7.03. The molecule has 1 aromatic carbocycles. The topological polar surface area (TPSA) is 41.6 Å². The minimum Gasteiger partial charge on any atom is -0.490 e. The lowest BCUT2D eigenvalue weighted by Crippen LogP contribution is -2.42. The number of nitrogens with zero attached hydrogens (tertiary/aromatic N) is 1. The van der Waals surface area contributed by atoms with E-state index in [1.165, 1.54) is 12.1 Å². The number of halogens is 2. The highest BCUT2D eigenvalue weighted by molar-refractivity contribution is 5.85. The number of hydrogen-bond acceptors (Lipinski definition) is 3. The quantitative estimate of drug-likeness (QED) is 0.905. The number of benzene rings is 1. The zero-order chi connectivity index (χ0) is 14.4. The van der Waals surface area contributed by atoms with Gasteiger partial charge in [-0.2, -0.15) is 0 Å². The van der Waals surface area contributed by atoms with Gasteiger partial charge in [0.05, 0.1) is 0 Å². The van der Waals surface area contributed by atoms with Crippen molar-refractivity contribution in [3.8, 4) is 5.75 Å². The molecular formula is C15H22ClFN2O2. The average molecular weight is 317 g/mol. The van der Waals surface area contributed by atoms with Crippen LogP contribution in [0.3, 0.4) is 0 Å². The van der Waals surface area contributed by atoms with Crippen LogP contribution in [0.1, 0.15) is 19.3 Å². The summed E-state index contributed by atoms with van der Waals surface area (Å²) in [5.74, 6) is 0.619. The van der Waals surface area contributed by atoms with E-state index in [0.29, 0.717) is 18.7 Å². The molecule has 6 heteroatoms. The second kappa shape index (κ2) is 8.85. The summed E-state index contributed by atoms with van der Waals surface area (Å²) in [6.07, 6.45) is 2.29. The summed E-state index contributed by atoms with van der Waals surface area (Å²) in [5, 5.41) is 2.98.